The van der Waals surface area contributed by atoms with Gasteiger partial charge in [0.25, 0.3) is 5.91 Å². The van der Waals surface area contributed by atoms with Crippen LogP contribution >= 0.6 is 0 Å². The predicted octanol–water partition coefficient (Wildman–Crippen LogP) is 1.01. The maximum atomic E-state index is 12.1. The van der Waals surface area contributed by atoms with Crippen molar-refractivity contribution in [2.24, 2.45) is 5.73 Å². The molecule has 1 amide bonds. The maximum Gasteiger partial charge on any atom is 0.251 e. The first kappa shape index (κ1) is 18.4. The summed E-state index contributed by atoms with van der Waals surface area (Å²) < 4.78 is 0. The highest BCUT2D eigenvalue weighted by molar-refractivity contribution is 5.98. The summed E-state index contributed by atoms with van der Waals surface area (Å²) in [6, 6.07) is 13.8. The van der Waals surface area contributed by atoms with E-state index >= 15 is 0 Å². The molecule has 1 atom stereocenters. The molecule has 0 aliphatic carbocycles. The highest BCUT2D eigenvalue weighted by Crippen LogP contribution is 2.05. The Balaban J connectivity index is 2.05. The molecule has 0 saturated carbocycles. The number of nitrogens with two attached hydrogens (primary N) is 1. The van der Waals surface area contributed by atoms with Gasteiger partial charge >= 0.3 is 0 Å². The zero-order chi connectivity index (χ0) is 18.2. The first-order valence-corrected chi connectivity index (χ1v) is 7.86. The van der Waals surface area contributed by atoms with E-state index in [1.807, 2.05) is 31.2 Å². The van der Waals surface area contributed by atoms with Crippen LogP contribution in [0.3, 0.4) is 0 Å². The van der Waals surface area contributed by atoms with Crippen molar-refractivity contribution in [2.45, 2.75) is 13.0 Å². The molecule has 4 N–H and O–H groups in total. The van der Waals surface area contributed by atoms with E-state index in [2.05, 4.69) is 17.2 Å². The van der Waals surface area contributed by atoms with Crippen LogP contribution in [0.1, 0.15) is 27.0 Å². The van der Waals surface area contributed by atoms with Gasteiger partial charge in [-0.15, -0.1) is 0 Å². The van der Waals surface area contributed by atoms with E-state index in [9.17, 15) is 9.59 Å². The van der Waals surface area contributed by atoms with Crippen LogP contribution < -0.4 is 11.1 Å². The summed E-state index contributed by atoms with van der Waals surface area (Å²) in [6.07, 6.45) is 0. The molecule has 0 saturated heterocycles. The summed E-state index contributed by atoms with van der Waals surface area (Å²) in [4.78, 5) is 23.6. The third kappa shape index (κ3) is 5.28. The largest absolute Gasteiger partial charge is 0.388 e. The summed E-state index contributed by atoms with van der Waals surface area (Å²) in [5.41, 5.74) is 8.70. The molecule has 0 heterocycles. The van der Waals surface area contributed by atoms with Crippen molar-refractivity contribution in [1.82, 2.24) is 5.32 Å². The van der Waals surface area contributed by atoms with E-state index in [-0.39, 0.29) is 6.54 Å². The molecule has 0 unspecified atom stereocenters. The Morgan fingerprint density at radius 1 is 1.04 bits per heavy atom. The van der Waals surface area contributed by atoms with Gasteiger partial charge in [-0.2, -0.15) is 0 Å². The van der Waals surface area contributed by atoms with Crippen LogP contribution in [-0.4, -0.2) is 36.0 Å². The first-order valence-electron chi connectivity index (χ1n) is 7.86. The SMILES string of the molecule is Cc1ccc(C#Cc2ccc(C(=O)N[C@@H](CN)C(=O)CO)cc2)cc1. The second-order valence-electron chi connectivity index (χ2n) is 5.58. The average molecular weight is 336 g/mol. The number of carbonyl (C=O) groups is 2. The molecule has 25 heavy (non-hydrogen) atoms. The molecule has 0 aliphatic heterocycles. The molecule has 0 fully saturated rings. The Morgan fingerprint density at radius 2 is 1.56 bits per heavy atom. The number of hydrogen-bond acceptors (Lipinski definition) is 4. The lowest BCUT2D eigenvalue weighted by Crippen LogP contribution is -2.46. The van der Waals surface area contributed by atoms with E-state index in [1.54, 1.807) is 24.3 Å². The zero-order valence-corrected chi connectivity index (χ0v) is 14.0. The number of aryl methyl sites for hydroxylation is 1. The lowest BCUT2D eigenvalue weighted by molar-refractivity contribution is -0.123. The molecule has 0 aliphatic rings. The van der Waals surface area contributed by atoms with Gasteiger partial charge in [0, 0.05) is 23.2 Å². The maximum absolute atomic E-state index is 12.1. The second-order valence-corrected chi connectivity index (χ2v) is 5.58. The minimum atomic E-state index is -0.890. The normalized spacial score (nSPS) is 11.2. The van der Waals surface area contributed by atoms with Crippen molar-refractivity contribution in [1.29, 1.82) is 0 Å². The Bertz CT molecular complexity index is 800. The standard InChI is InChI=1S/C20H20N2O3/c1-14-2-4-15(5-3-14)6-7-16-8-10-17(11-9-16)20(25)22-18(12-21)19(24)13-23/h2-5,8-11,18,23H,12-13,21H2,1H3,(H,22,25)/t18-/m0/s1. The van der Waals surface area contributed by atoms with Gasteiger partial charge in [-0.3, -0.25) is 9.59 Å². The summed E-state index contributed by atoms with van der Waals surface area (Å²) in [7, 11) is 0. The number of nitrogens with one attached hydrogen (secondary N) is 1. The Hall–Kier alpha value is -2.94. The van der Waals surface area contributed by atoms with Gasteiger partial charge < -0.3 is 16.2 Å². The summed E-state index contributed by atoms with van der Waals surface area (Å²) in [5, 5.41) is 11.4. The Morgan fingerprint density at radius 3 is 2.04 bits per heavy atom. The van der Waals surface area contributed by atoms with Crippen molar-refractivity contribution in [3.8, 4) is 11.8 Å². The number of rotatable bonds is 5. The molecular weight excluding hydrogens is 316 g/mol. The molecule has 5 heteroatoms. The Labute approximate surface area is 146 Å². The van der Waals surface area contributed by atoms with Crippen LogP contribution in [0.4, 0.5) is 0 Å². The number of ketones is 1. The van der Waals surface area contributed by atoms with Gasteiger partial charge in [0.1, 0.15) is 12.6 Å². The Kier molecular flexibility index (Phi) is 6.47. The topological polar surface area (TPSA) is 92.4 Å². The monoisotopic (exact) mass is 336 g/mol. The van der Waals surface area contributed by atoms with E-state index in [4.69, 9.17) is 10.8 Å². The van der Waals surface area contributed by atoms with E-state index < -0.39 is 24.3 Å². The highest BCUT2D eigenvalue weighted by atomic mass is 16.3. The van der Waals surface area contributed by atoms with Crippen LogP contribution in [0.2, 0.25) is 0 Å². The number of Topliss-reactive ketones (excluding diaryl/α,β-unsaturated/α-hetero) is 1. The van der Waals surface area contributed by atoms with Gasteiger partial charge in [-0.25, -0.2) is 0 Å². The van der Waals surface area contributed by atoms with Crippen molar-refractivity contribution in [3.05, 3.63) is 70.8 Å². The van der Waals surface area contributed by atoms with Crippen molar-refractivity contribution in [3.63, 3.8) is 0 Å². The van der Waals surface area contributed by atoms with Gasteiger partial charge in [0.05, 0.1) is 0 Å². The molecule has 128 valence electrons. The summed E-state index contributed by atoms with van der Waals surface area (Å²) in [5.74, 6) is 5.16. The number of benzene rings is 2. The number of amides is 1. The van der Waals surface area contributed by atoms with Crippen LogP contribution in [0.25, 0.3) is 0 Å². The van der Waals surface area contributed by atoms with Crippen molar-refractivity contribution < 1.29 is 14.7 Å². The third-order valence-corrected chi connectivity index (χ3v) is 3.64. The lowest BCUT2D eigenvalue weighted by Gasteiger charge is -2.14. The van der Waals surface area contributed by atoms with Crippen molar-refractivity contribution >= 4 is 11.7 Å². The third-order valence-electron chi connectivity index (χ3n) is 3.64. The molecule has 2 aromatic carbocycles. The minimum Gasteiger partial charge on any atom is -0.388 e. The fraction of sp³-hybridized carbons (Fsp3) is 0.200. The van der Waals surface area contributed by atoms with Gasteiger partial charge in [-0.05, 0) is 43.3 Å². The van der Waals surface area contributed by atoms with E-state index in [1.165, 1.54) is 5.56 Å². The molecule has 2 rings (SSSR count). The average Bonchev–Trinajstić information content (AvgIpc) is 2.65. The summed E-state index contributed by atoms with van der Waals surface area (Å²) in [6.45, 7) is 1.30. The zero-order valence-electron chi connectivity index (χ0n) is 14.0. The highest BCUT2D eigenvalue weighted by Gasteiger charge is 2.18. The van der Waals surface area contributed by atoms with E-state index in [0.717, 1.165) is 11.1 Å². The van der Waals surface area contributed by atoms with Crippen LogP contribution in [0.15, 0.2) is 48.5 Å². The van der Waals surface area contributed by atoms with Crippen LogP contribution in [-0.2, 0) is 4.79 Å². The summed E-state index contributed by atoms with van der Waals surface area (Å²) >= 11 is 0. The smallest absolute Gasteiger partial charge is 0.251 e. The van der Waals surface area contributed by atoms with E-state index in [0.29, 0.717) is 5.56 Å². The van der Waals surface area contributed by atoms with Gasteiger partial charge in [0.15, 0.2) is 5.78 Å². The quantitative estimate of drug-likeness (QED) is 0.711. The second kappa shape index (κ2) is 8.78. The molecule has 5 nitrogen and oxygen atoms in total. The molecule has 0 spiro atoms. The number of aliphatic hydroxyl groups excluding tert-OH is 1. The predicted molar refractivity (Wildman–Crippen MR) is 96.0 cm³/mol. The van der Waals surface area contributed by atoms with Gasteiger partial charge in [0.2, 0.25) is 0 Å². The number of aliphatic hydroxyl groups is 1. The minimum absolute atomic E-state index is 0.0642. The fourth-order valence-corrected chi connectivity index (χ4v) is 2.11. The van der Waals surface area contributed by atoms with Crippen LogP contribution in [0, 0.1) is 18.8 Å². The van der Waals surface area contributed by atoms with Crippen molar-refractivity contribution in [2.75, 3.05) is 13.2 Å². The molecule has 0 radical (unpaired) electrons. The number of hydrogen-bond donors (Lipinski definition) is 3. The number of carbonyl (C=O) groups excluding carboxylic acids is 2. The molecular formula is C20H20N2O3. The fourth-order valence-electron chi connectivity index (χ4n) is 2.11. The van der Waals surface area contributed by atoms with Gasteiger partial charge in [-0.1, -0.05) is 29.5 Å². The molecule has 0 bridgehead atoms. The first-order chi connectivity index (χ1) is 12.0. The van der Waals surface area contributed by atoms with Crippen LogP contribution in [0.5, 0.6) is 0 Å². The molecule has 2 aromatic rings. The lowest BCUT2D eigenvalue weighted by atomic mass is 10.1. The molecule has 0 aromatic heterocycles.